The number of nitrogens with zero attached hydrogens (tertiary/aromatic N) is 2. The van der Waals surface area contributed by atoms with Crippen molar-refractivity contribution in [2.24, 2.45) is 5.92 Å². The first kappa shape index (κ1) is 23.5. The number of anilines is 1. The number of halogens is 2. The van der Waals surface area contributed by atoms with Crippen LogP contribution in [0.15, 0.2) is 40.3 Å². The van der Waals surface area contributed by atoms with Gasteiger partial charge in [0, 0.05) is 23.0 Å². The van der Waals surface area contributed by atoms with E-state index in [0.29, 0.717) is 10.0 Å². The molecule has 1 aromatic carbocycles. The molecule has 0 radical (unpaired) electrons. The maximum absolute atomic E-state index is 13.8. The van der Waals surface area contributed by atoms with E-state index in [2.05, 4.69) is 21.2 Å². The second-order valence-corrected chi connectivity index (χ2v) is 7.99. The van der Waals surface area contributed by atoms with Crippen molar-refractivity contribution in [1.82, 2.24) is 5.32 Å². The van der Waals surface area contributed by atoms with Gasteiger partial charge in [0.2, 0.25) is 11.8 Å². The number of nitrogens with one attached hydrogen (secondary N) is 1. The van der Waals surface area contributed by atoms with E-state index in [1.54, 1.807) is 20.8 Å². The monoisotopic (exact) mass is 483 g/mol. The van der Waals surface area contributed by atoms with Crippen LogP contribution in [0.25, 0.3) is 0 Å². The second-order valence-electron chi connectivity index (χ2n) is 7.14. The van der Waals surface area contributed by atoms with E-state index >= 15 is 0 Å². The molecule has 0 heterocycles. The molecule has 10 heteroatoms. The van der Waals surface area contributed by atoms with Crippen molar-refractivity contribution in [2.45, 2.75) is 33.2 Å². The van der Waals surface area contributed by atoms with E-state index in [4.69, 9.17) is 4.74 Å². The van der Waals surface area contributed by atoms with Crippen molar-refractivity contribution in [1.29, 1.82) is 0 Å². The molecule has 1 aromatic rings. The molecule has 1 aliphatic carbocycles. The summed E-state index contributed by atoms with van der Waals surface area (Å²) in [5, 5.41) is 14.3. The zero-order valence-electron chi connectivity index (χ0n) is 17.1. The van der Waals surface area contributed by atoms with Gasteiger partial charge in [0.25, 0.3) is 5.69 Å². The highest BCUT2D eigenvalue weighted by Gasteiger charge is 2.33. The third-order valence-electron chi connectivity index (χ3n) is 4.47. The van der Waals surface area contributed by atoms with Crippen LogP contribution in [0.2, 0.25) is 0 Å². The Bertz CT molecular complexity index is 929. The van der Waals surface area contributed by atoms with Gasteiger partial charge in [-0.2, -0.15) is 0 Å². The van der Waals surface area contributed by atoms with Crippen LogP contribution >= 0.6 is 15.9 Å². The highest BCUT2D eigenvalue weighted by Crippen LogP contribution is 2.36. The highest BCUT2D eigenvalue weighted by atomic mass is 79.9. The van der Waals surface area contributed by atoms with E-state index in [0.717, 1.165) is 11.0 Å². The van der Waals surface area contributed by atoms with E-state index in [1.165, 1.54) is 25.3 Å². The molecule has 162 valence electrons. The van der Waals surface area contributed by atoms with Crippen molar-refractivity contribution in [2.75, 3.05) is 18.6 Å². The topological polar surface area (TPSA) is 102 Å². The molecule has 0 bridgehead atoms. The molecule has 0 aliphatic heterocycles. The van der Waals surface area contributed by atoms with Crippen molar-refractivity contribution >= 4 is 39.1 Å². The number of hydrogen-bond acceptors (Lipinski definition) is 5. The fourth-order valence-electron chi connectivity index (χ4n) is 3.02. The number of ether oxygens (including phenoxy) is 1. The molecule has 1 unspecified atom stereocenters. The van der Waals surface area contributed by atoms with Crippen LogP contribution < -0.4 is 10.2 Å². The lowest BCUT2D eigenvalue weighted by Crippen LogP contribution is -2.45. The molecule has 2 rings (SSSR count). The van der Waals surface area contributed by atoms with Gasteiger partial charge in [0.05, 0.1) is 18.0 Å². The second kappa shape index (κ2) is 9.84. The van der Waals surface area contributed by atoms with Crippen LogP contribution in [0.4, 0.5) is 15.8 Å². The summed E-state index contributed by atoms with van der Waals surface area (Å²) in [5.74, 6) is -2.46. The molecular formula is C20H23BrFN3O5. The fourth-order valence-corrected chi connectivity index (χ4v) is 3.35. The molecule has 1 N–H and O–H groups in total. The van der Waals surface area contributed by atoms with Crippen molar-refractivity contribution in [3.05, 3.63) is 56.0 Å². The number of methoxy groups -OCH3 is 1. The molecule has 8 nitrogen and oxygen atoms in total. The third kappa shape index (κ3) is 5.44. The van der Waals surface area contributed by atoms with Gasteiger partial charge in [0.15, 0.2) is 5.83 Å². The number of nitro benzene ring substituents is 1. The molecule has 1 atom stereocenters. The predicted octanol–water partition coefficient (Wildman–Crippen LogP) is 3.93. The molecule has 1 aliphatic rings. The number of rotatable bonds is 7. The predicted molar refractivity (Wildman–Crippen MR) is 114 cm³/mol. The van der Waals surface area contributed by atoms with Gasteiger partial charge >= 0.3 is 0 Å². The maximum Gasteiger partial charge on any atom is 0.294 e. The minimum absolute atomic E-state index is 0.00363. The van der Waals surface area contributed by atoms with E-state index in [9.17, 15) is 24.1 Å². The largest absolute Gasteiger partial charge is 0.498 e. The number of benzene rings is 1. The lowest BCUT2D eigenvalue weighted by atomic mass is 9.96. The van der Waals surface area contributed by atoms with Crippen LogP contribution in [0.3, 0.4) is 0 Å². The summed E-state index contributed by atoms with van der Waals surface area (Å²) in [7, 11) is 1.30. The zero-order chi connectivity index (χ0) is 22.6. The number of carbonyl (C=O) groups is 2. The quantitative estimate of drug-likeness (QED) is 0.467. The fraction of sp³-hybridized carbons (Fsp3) is 0.400. The van der Waals surface area contributed by atoms with Crippen LogP contribution in [0.1, 0.15) is 25.8 Å². The Morgan fingerprint density at radius 2 is 2.10 bits per heavy atom. The van der Waals surface area contributed by atoms with Gasteiger partial charge in [-0.25, -0.2) is 4.39 Å². The lowest BCUT2D eigenvalue weighted by molar-refractivity contribution is -0.384. The number of amides is 2. The Morgan fingerprint density at radius 3 is 2.67 bits per heavy atom. The zero-order valence-corrected chi connectivity index (χ0v) is 18.7. The molecule has 0 saturated carbocycles. The van der Waals surface area contributed by atoms with Gasteiger partial charge in [0.1, 0.15) is 18.0 Å². The Balaban J connectivity index is 2.50. The van der Waals surface area contributed by atoms with E-state index in [-0.39, 0.29) is 29.6 Å². The average molecular weight is 484 g/mol. The van der Waals surface area contributed by atoms with Gasteiger partial charge in [-0.05, 0) is 38.5 Å². The standard InChI is InChI=1S/C20H23BrFN3O5/c1-11(2)23-19(26)10-24(16-7-12(3)14(21)9-17(16)25(28)29)20(27)13-5-6-15(22)18(8-13)30-4/h5-7,9,11,13H,8,10H2,1-4H3,(H,23,26). The van der Waals surface area contributed by atoms with Crippen LogP contribution in [0, 0.1) is 23.0 Å². The molecular weight excluding hydrogens is 461 g/mol. The number of carbonyl (C=O) groups excluding carboxylic acids is 2. The highest BCUT2D eigenvalue weighted by molar-refractivity contribution is 9.10. The normalized spacial score (nSPS) is 15.9. The summed E-state index contributed by atoms with van der Waals surface area (Å²) >= 11 is 3.26. The Labute approximate surface area is 182 Å². The number of hydrogen-bond donors (Lipinski definition) is 1. The maximum atomic E-state index is 13.8. The Kier molecular flexibility index (Phi) is 7.71. The Hall–Kier alpha value is -2.75. The first-order valence-electron chi connectivity index (χ1n) is 9.21. The number of aryl methyl sites for hydroxylation is 1. The van der Waals surface area contributed by atoms with Crippen molar-refractivity contribution in [3.63, 3.8) is 0 Å². The molecule has 0 saturated heterocycles. The van der Waals surface area contributed by atoms with Gasteiger partial charge in [-0.1, -0.05) is 22.0 Å². The minimum Gasteiger partial charge on any atom is -0.498 e. The Morgan fingerprint density at radius 1 is 1.43 bits per heavy atom. The summed E-state index contributed by atoms with van der Waals surface area (Å²) < 4.78 is 19.3. The van der Waals surface area contributed by atoms with Gasteiger partial charge in [-0.15, -0.1) is 0 Å². The molecule has 0 aromatic heterocycles. The van der Waals surface area contributed by atoms with E-state index < -0.39 is 35.0 Å². The number of nitro groups is 1. The summed E-state index contributed by atoms with van der Waals surface area (Å²) in [6.45, 7) is 4.82. The van der Waals surface area contributed by atoms with Crippen LogP contribution in [-0.2, 0) is 14.3 Å². The first-order valence-corrected chi connectivity index (χ1v) is 10.0. The first-order chi connectivity index (χ1) is 14.0. The van der Waals surface area contributed by atoms with Crippen molar-refractivity contribution < 1.29 is 23.6 Å². The van der Waals surface area contributed by atoms with Gasteiger partial charge < -0.3 is 10.1 Å². The number of allylic oxidation sites excluding steroid dienone is 3. The minimum atomic E-state index is -0.838. The van der Waals surface area contributed by atoms with Crippen LogP contribution in [-0.4, -0.2) is 36.4 Å². The molecule has 2 amide bonds. The molecule has 0 spiro atoms. The van der Waals surface area contributed by atoms with Crippen molar-refractivity contribution in [3.8, 4) is 0 Å². The van der Waals surface area contributed by atoms with Crippen LogP contribution in [0.5, 0.6) is 0 Å². The summed E-state index contributed by atoms with van der Waals surface area (Å²) in [4.78, 5) is 37.9. The third-order valence-corrected chi connectivity index (χ3v) is 5.33. The summed E-state index contributed by atoms with van der Waals surface area (Å²) in [6, 6.07) is 2.59. The molecule has 30 heavy (non-hydrogen) atoms. The lowest BCUT2D eigenvalue weighted by Gasteiger charge is -2.27. The van der Waals surface area contributed by atoms with E-state index in [1.807, 2.05) is 0 Å². The average Bonchev–Trinajstić information content (AvgIpc) is 2.67. The smallest absolute Gasteiger partial charge is 0.294 e. The summed E-state index contributed by atoms with van der Waals surface area (Å²) in [5.41, 5.74) is 0.319. The molecule has 0 fully saturated rings. The van der Waals surface area contributed by atoms with Gasteiger partial charge in [-0.3, -0.25) is 24.6 Å². The summed E-state index contributed by atoms with van der Waals surface area (Å²) in [6.07, 6.45) is 2.44. The SMILES string of the molecule is COC1=C(F)C=CC(C(=O)N(CC(=O)NC(C)C)c2cc(C)c(Br)cc2[N+](=O)[O-])C1.